The fraction of sp³-hybridized carbons (Fsp3) is 0.227. The van der Waals surface area contributed by atoms with Gasteiger partial charge in [0.25, 0.3) is 0 Å². The van der Waals surface area contributed by atoms with Gasteiger partial charge in [-0.05, 0) is 61.4 Å². The van der Waals surface area contributed by atoms with Crippen molar-refractivity contribution >= 4 is 40.0 Å². The molecule has 0 saturated heterocycles. The van der Waals surface area contributed by atoms with E-state index >= 15 is 0 Å². The molecule has 1 aromatic heterocycles. The smallest absolute Gasteiger partial charge is 0.221 e. The lowest BCUT2D eigenvalue weighted by Gasteiger charge is -2.09. The first-order valence-corrected chi connectivity index (χ1v) is 9.88. The Kier molecular flexibility index (Phi) is 5.91. The zero-order chi connectivity index (χ0) is 19.4. The SMILES string of the molecule is CCc1cc2cc(C)ccc2nc1SCC(=O)c1ccc(NC(C)=O)cc1. The van der Waals surface area contributed by atoms with Crippen LogP contribution in [0.3, 0.4) is 0 Å². The second-order valence-corrected chi connectivity index (χ2v) is 7.44. The number of hydrogen-bond acceptors (Lipinski definition) is 4. The van der Waals surface area contributed by atoms with E-state index in [1.807, 2.05) is 6.07 Å². The summed E-state index contributed by atoms with van der Waals surface area (Å²) in [5.41, 5.74) is 4.64. The number of aryl methyl sites for hydroxylation is 2. The molecule has 0 unspecified atom stereocenters. The van der Waals surface area contributed by atoms with E-state index in [-0.39, 0.29) is 11.7 Å². The molecule has 0 atom stereocenters. The zero-order valence-corrected chi connectivity index (χ0v) is 16.5. The van der Waals surface area contributed by atoms with Gasteiger partial charge in [-0.25, -0.2) is 4.98 Å². The Labute approximate surface area is 163 Å². The van der Waals surface area contributed by atoms with Crippen LogP contribution in [0.4, 0.5) is 5.69 Å². The number of thioether (sulfide) groups is 1. The van der Waals surface area contributed by atoms with Crippen molar-refractivity contribution in [3.63, 3.8) is 0 Å². The molecule has 0 radical (unpaired) electrons. The van der Waals surface area contributed by atoms with Gasteiger partial charge in [-0.15, -0.1) is 0 Å². The fourth-order valence-electron chi connectivity index (χ4n) is 2.86. The van der Waals surface area contributed by atoms with Crippen LogP contribution in [0.1, 0.15) is 35.3 Å². The lowest BCUT2D eigenvalue weighted by Crippen LogP contribution is -2.07. The van der Waals surface area contributed by atoms with E-state index in [2.05, 4.69) is 37.4 Å². The van der Waals surface area contributed by atoms with E-state index in [0.717, 1.165) is 27.9 Å². The number of hydrogen-bond donors (Lipinski definition) is 1. The number of carbonyl (C=O) groups is 2. The van der Waals surface area contributed by atoms with E-state index in [1.165, 1.54) is 24.2 Å². The maximum atomic E-state index is 12.5. The molecule has 1 heterocycles. The van der Waals surface area contributed by atoms with E-state index in [9.17, 15) is 9.59 Å². The molecule has 0 bridgehead atoms. The average molecular weight is 378 g/mol. The maximum absolute atomic E-state index is 12.5. The molecule has 3 rings (SSSR count). The number of Topliss-reactive ketones (excluding diaryl/α,β-unsaturated/α-hetero) is 1. The molecule has 1 N–H and O–H groups in total. The number of rotatable bonds is 6. The molecule has 2 aromatic carbocycles. The topological polar surface area (TPSA) is 59.1 Å². The molecule has 3 aromatic rings. The molecular formula is C22H22N2O2S. The van der Waals surface area contributed by atoms with Crippen molar-refractivity contribution < 1.29 is 9.59 Å². The third-order valence-corrected chi connectivity index (χ3v) is 5.29. The summed E-state index contributed by atoms with van der Waals surface area (Å²) in [6.07, 6.45) is 0.874. The number of fused-ring (bicyclic) bond motifs is 1. The maximum Gasteiger partial charge on any atom is 0.221 e. The molecule has 138 valence electrons. The van der Waals surface area contributed by atoms with Gasteiger partial charge in [0, 0.05) is 23.6 Å². The third kappa shape index (κ3) is 4.74. The van der Waals surface area contributed by atoms with Gasteiger partial charge >= 0.3 is 0 Å². The van der Waals surface area contributed by atoms with E-state index < -0.39 is 0 Å². The highest BCUT2D eigenvalue weighted by Gasteiger charge is 2.11. The van der Waals surface area contributed by atoms with Gasteiger partial charge in [-0.3, -0.25) is 9.59 Å². The Balaban J connectivity index is 1.74. The van der Waals surface area contributed by atoms with E-state index in [1.54, 1.807) is 24.3 Å². The Bertz CT molecular complexity index is 997. The van der Waals surface area contributed by atoms with Crippen molar-refractivity contribution in [2.75, 3.05) is 11.1 Å². The molecule has 0 spiro atoms. The summed E-state index contributed by atoms with van der Waals surface area (Å²) in [7, 11) is 0. The van der Waals surface area contributed by atoms with Crippen molar-refractivity contribution in [3.8, 4) is 0 Å². The van der Waals surface area contributed by atoms with Crippen LogP contribution in [0, 0.1) is 6.92 Å². The van der Waals surface area contributed by atoms with Gasteiger partial charge in [0.2, 0.25) is 5.91 Å². The minimum atomic E-state index is -0.130. The first kappa shape index (κ1) is 19.1. The average Bonchev–Trinajstić information content (AvgIpc) is 2.65. The number of carbonyl (C=O) groups excluding carboxylic acids is 2. The molecule has 1 amide bonds. The van der Waals surface area contributed by atoms with Gasteiger partial charge < -0.3 is 5.32 Å². The van der Waals surface area contributed by atoms with Crippen LogP contribution in [-0.2, 0) is 11.2 Å². The van der Waals surface area contributed by atoms with Crippen LogP contribution in [0.5, 0.6) is 0 Å². The highest BCUT2D eigenvalue weighted by Crippen LogP contribution is 2.27. The lowest BCUT2D eigenvalue weighted by molar-refractivity contribution is -0.114. The Morgan fingerprint density at radius 3 is 2.48 bits per heavy atom. The highest BCUT2D eigenvalue weighted by atomic mass is 32.2. The second kappa shape index (κ2) is 8.35. The molecule has 27 heavy (non-hydrogen) atoms. The molecule has 5 heteroatoms. The molecule has 0 fully saturated rings. The monoisotopic (exact) mass is 378 g/mol. The van der Waals surface area contributed by atoms with Gasteiger partial charge in [-0.2, -0.15) is 0 Å². The van der Waals surface area contributed by atoms with Gasteiger partial charge in [-0.1, -0.05) is 30.3 Å². The summed E-state index contributed by atoms with van der Waals surface area (Å²) in [6, 6.07) is 15.4. The zero-order valence-electron chi connectivity index (χ0n) is 15.7. The largest absolute Gasteiger partial charge is 0.326 e. The van der Waals surface area contributed by atoms with Crippen LogP contribution in [-0.4, -0.2) is 22.4 Å². The van der Waals surface area contributed by atoms with Crippen LogP contribution < -0.4 is 5.32 Å². The number of anilines is 1. The lowest BCUT2D eigenvalue weighted by atomic mass is 10.1. The number of pyridine rings is 1. The molecular weight excluding hydrogens is 356 g/mol. The third-order valence-electron chi connectivity index (χ3n) is 4.26. The number of aromatic nitrogens is 1. The molecule has 0 saturated carbocycles. The predicted octanol–water partition coefficient (Wildman–Crippen LogP) is 5.04. The first-order chi connectivity index (χ1) is 13.0. The van der Waals surface area contributed by atoms with Crippen molar-refractivity contribution in [3.05, 3.63) is 65.2 Å². The fourth-order valence-corrected chi connectivity index (χ4v) is 3.85. The molecule has 4 nitrogen and oxygen atoms in total. The minimum Gasteiger partial charge on any atom is -0.326 e. The number of nitrogens with one attached hydrogen (secondary N) is 1. The quantitative estimate of drug-likeness (QED) is 0.482. The Morgan fingerprint density at radius 2 is 1.81 bits per heavy atom. The standard InChI is InChI=1S/C22H22N2O2S/c1-4-16-12-18-11-14(2)5-10-20(18)24-22(16)27-13-21(26)17-6-8-19(9-7-17)23-15(3)25/h5-12H,4,13H2,1-3H3,(H,23,25). The predicted molar refractivity (Wildman–Crippen MR) is 112 cm³/mol. The van der Waals surface area contributed by atoms with Gasteiger partial charge in [0.05, 0.1) is 11.3 Å². The number of ketones is 1. The number of nitrogens with zero attached hydrogens (tertiary/aromatic N) is 1. The van der Waals surface area contributed by atoms with Crippen molar-refractivity contribution in [1.29, 1.82) is 0 Å². The van der Waals surface area contributed by atoms with Crippen LogP contribution in [0.15, 0.2) is 53.6 Å². The molecule has 0 aliphatic heterocycles. The molecule has 0 aliphatic carbocycles. The van der Waals surface area contributed by atoms with Crippen molar-refractivity contribution in [2.24, 2.45) is 0 Å². The minimum absolute atomic E-state index is 0.0437. The Hall–Kier alpha value is -2.66. The van der Waals surface area contributed by atoms with Gasteiger partial charge in [0.15, 0.2) is 5.78 Å². The normalized spacial score (nSPS) is 10.8. The van der Waals surface area contributed by atoms with Crippen LogP contribution >= 0.6 is 11.8 Å². The second-order valence-electron chi connectivity index (χ2n) is 6.47. The highest BCUT2D eigenvalue weighted by molar-refractivity contribution is 8.00. The van der Waals surface area contributed by atoms with Gasteiger partial charge in [0.1, 0.15) is 5.03 Å². The van der Waals surface area contributed by atoms with E-state index in [4.69, 9.17) is 4.98 Å². The van der Waals surface area contributed by atoms with Crippen molar-refractivity contribution in [1.82, 2.24) is 4.98 Å². The van der Waals surface area contributed by atoms with Crippen molar-refractivity contribution in [2.45, 2.75) is 32.2 Å². The van der Waals surface area contributed by atoms with Crippen LogP contribution in [0.25, 0.3) is 10.9 Å². The Morgan fingerprint density at radius 1 is 1.07 bits per heavy atom. The molecule has 0 aliphatic rings. The summed E-state index contributed by atoms with van der Waals surface area (Å²) < 4.78 is 0. The first-order valence-electron chi connectivity index (χ1n) is 8.90. The number of benzene rings is 2. The summed E-state index contributed by atoms with van der Waals surface area (Å²) >= 11 is 1.48. The summed E-state index contributed by atoms with van der Waals surface area (Å²) in [6.45, 7) is 5.63. The van der Waals surface area contributed by atoms with E-state index in [0.29, 0.717) is 17.0 Å². The summed E-state index contributed by atoms with van der Waals surface area (Å²) in [5.74, 6) is 0.244. The number of amides is 1. The van der Waals surface area contributed by atoms with Crippen LogP contribution in [0.2, 0.25) is 0 Å². The summed E-state index contributed by atoms with van der Waals surface area (Å²) in [5, 5.41) is 4.75. The summed E-state index contributed by atoms with van der Waals surface area (Å²) in [4.78, 5) is 28.4.